The molecule has 5 heteroatoms. The van der Waals surface area contributed by atoms with E-state index in [-0.39, 0.29) is 5.75 Å². The smallest absolute Gasteiger partial charge is 0.156 e. The monoisotopic (exact) mass is 245 g/mol. The van der Waals surface area contributed by atoms with Gasteiger partial charge in [-0.2, -0.15) is 5.10 Å². The normalized spacial score (nSPS) is 18.6. The summed E-state index contributed by atoms with van der Waals surface area (Å²) in [7, 11) is 0. The minimum Gasteiger partial charge on any atom is -0.508 e. The predicted octanol–water partition coefficient (Wildman–Crippen LogP) is 1.40. The number of aromatic hydroxyl groups is 1. The molecule has 1 aromatic carbocycles. The second-order valence-electron chi connectivity index (χ2n) is 4.61. The fraction of sp³-hybridized carbons (Fsp3) is 0.385. The van der Waals surface area contributed by atoms with Crippen molar-refractivity contribution in [2.75, 3.05) is 0 Å². The molecule has 1 unspecified atom stereocenters. The molecule has 1 aliphatic heterocycles. The molecule has 18 heavy (non-hydrogen) atoms. The Labute approximate surface area is 105 Å². The number of benzene rings is 1. The largest absolute Gasteiger partial charge is 0.508 e. The first-order chi connectivity index (χ1) is 8.72. The summed E-state index contributed by atoms with van der Waals surface area (Å²) in [6.45, 7) is 0.828. The number of phenols is 1. The topological polar surface area (TPSA) is 71.2 Å². The van der Waals surface area contributed by atoms with E-state index in [0.29, 0.717) is 12.2 Å². The molecular formula is C13H15N3O2. The van der Waals surface area contributed by atoms with Crippen molar-refractivity contribution in [3.05, 3.63) is 41.5 Å². The van der Waals surface area contributed by atoms with Crippen molar-refractivity contribution in [3.8, 4) is 5.75 Å². The maximum Gasteiger partial charge on any atom is 0.156 e. The van der Waals surface area contributed by atoms with Gasteiger partial charge in [0.1, 0.15) is 11.9 Å². The second kappa shape index (κ2) is 4.42. The lowest BCUT2D eigenvalue weighted by Crippen LogP contribution is -2.16. The van der Waals surface area contributed by atoms with Gasteiger partial charge in [-0.25, -0.2) is 9.67 Å². The number of hydrogen-bond donors (Lipinski definition) is 2. The lowest BCUT2D eigenvalue weighted by atomic mass is 10.1. The summed E-state index contributed by atoms with van der Waals surface area (Å²) in [5.74, 6) is 1.65. The van der Waals surface area contributed by atoms with E-state index in [0.717, 1.165) is 30.8 Å². The quantitative estimate of drug-likeness (QED) is 0.839. The van der Waals surface area contributed by atoms with Gasteiger partial charge in [0, 0.05) is 13.0 Å². The molecule has 3 rings (SSSR count). The average Bonchev–Trinajstić information content (AvgIpc) is 2.76. The van der Waals surface area contributed by atoms with Gasteiger partial charge in [0.15, 0.2) is 11.6 Å². The van der Waals surface area contributed by atoms with Crippen LogP contribution in [0, 0.1) is 0 Å². The Bertz CT molecular complexity index is 548. The van der Waals surface area contributed by atoms with Crippen molar-refractivity contribution in [2.24, 2.45) is 0 Å². The number of nitrogens with zero attached hydrogens (tertiary/aromatic N) is 3. The first-order valence-corrected chi connectivity index (χ1v) is 6.12. The molecular weight excluding hydrogens is 230 g/mol. The van der Waals surface area contributed by atoms with Crippen molar-refractivity contribution in [1.82, 2.24) is 14.8 Å². The molecule has 0 saturated heterocycles. The Morgan fingerprint density at radius 2 is 2.06 bits per heavy atom. The van der Waals surface area contributed by atoms with Crippen LogP contribution in [-0.2, 0) is 13.0 Å². The molecule has 2 N–H and O–H groups in total. The zero-order valence-corrected chi connectivity index (χ0v) is 9.95. The summed E-state index contributed by atoms with van der Waals surface area (Å²) < 4.78 is 1.80. The Balaban J connectivity index is 1.83. The lowest BCUT2D eigenvalue weighted by molar-refractivity contribution is 0.130. The van der Waals surface area contributed by atoms with Gasteiger partial charge in [-0.3, -0.25) is 0 Å². The predicted molar refractivity (Wildman–Crippen MR) is 65.1 cm³/mol. The third kappa shape index (κ3) is 2.09. The van der Waals surface area contributed by atoms with Crippen molar-refractivity contribution in [3.63, 3.8) is 0 Å². The molecule has 0 amide bonds. The van der Waals surface area contributed by atoms with Gasteiger partial charge in [-0.1, -0.05) is 12.1 Å². The number of aryl methyl sites for hydroxylation is 1. The Morgan fingerprint density at radius 3 is 2.78 bits per heavy atom. The number of fused-ring (bicyclic) bond motifs is 1. The van der Waals surface area contributed by atoms with Crippen LogP contribution in [0.2, 0.25) is 0 Å². The lowest BCUT2D eigenvalue weighted by Gasteiger charge is -2.16. The molecule has 1 aromatic heterocycles. The van der Waals surface area contributed by atoms with E-state index in [2.05, 4.69) is 10.1 Å². The molecule has 0 fully saturated rings. The first-order valence-electron chi connectivity index (χ1n) is 6.12. The number of aliphatic hydroxyl groups is 1. The Kier molecular flexibility index (Phi) is 2.76. The summed E-state index contributed by atoms with van der Waals surface area (Å²) in [5, 5.41) is 23.4. The average molecular weight is 245 g/mol. The molecule has 1 atom stereocenters. The van der Waals surface area contributed by atoms with Gasteiger partial charge in [0.2, 0.25) is 0 Å². The zero-order chi connectivity index (χ0) is 12.5. The molecule has 0 saturated carbocycles. The van der Waals surface area contributed by atoms with Crippen LogP contribution in [0.3, 0.4) is 0 Å². The molecule has 0 bridgehead atoms. The molecule has 0 spiro atoms. The third-order valence-corrected chi connectivity index (χ3v) is 3.19. The van der Waals surface area contributed by atoms with Gasteiger partial charge < -0.3 is 10.2 Å². The van der Waals surface area contributed by atoms with Gasteiger partial charge in [0.25, 0.3) is 0 Å². The van der Waals surface area contributed by atoms with Gasteiger partial charge in [-0.05, 0) is 30.5 Å². The van der Waals surface area contributed by atoms with Gasteiger partial charge >= 0.3 is 0 Å². The number of hydrogen-bond acceptors (Lipinski definition) is 4. The van der Waals surface area contributed by atoms with E-state index < -0.39 is 6.10 Å². The third-order valence-electron chi connectivity index (χ3n) is 3.19. The summed E-state index contributed by atoms with van der Waals surface area (Å²) >= 11 is 0. The number of phenolic OH excluding ortho intramolecular Hbond substituents is 1. The van der Waals surface area contributed by atoms with Crippen molar-refractivity contribution >= 4 is 0 Å². The maximum atomic E-state index is 9.82. The van der Waals surface area contributed by atoms with Gasteiger partial charge in [0.05, 0.1) is 0 Å². The summed E-state index contributed by atoms with van der Waals surface area (Å²) in [6.07, 6.45) is 1.83. The first kappa shape index (κ1) is 11.2. The summed E-state index contributed by atoms with van der Waals surface area (Å²) in [4.78, 5) is 4.39. The van der Waals surface area contributed by atoms with Crippen LogP contribution in [0.4, 0.5) is 0 Å². The van der Waals surface area contributed by atoms with Crippen LogP contribution in [0.5, 0.6) is 5.75 Å². The van der Waals surface area contributed by atoms with Crippen LogP contribution in [-0.4, -0.2) is 25.0 Å². The van der Waals surface area contributed by atoms with E-state index in [1.807, 2.05) is 12.1 Å². The Hall–Kier alpha value is -1.88. The van der Waals surface area contributed by atoms with E-state index in [9.17, 15) is 10.2 Å². The fourth-order valence-electron chi connectivity index (χ4n) is 2.25. The highest BCUT2D eigenvalue weighted by molar-refractivity contribution is 5.27. The molecule has 0 radical (unpaired) electrons. The summed E-state index contributed by atoms with van der Waals surface area (Å²) in [5.41, 5.74) is 1.05. The van der Waals surface area contributed by atoms with Crippen molar-refractivity contribution in [2.45, 2.75) is 31.9 Å². The van der Waals surface area contributed by atoms with Crippen LogP contribution in [0.15, 0.2) is 24.3 Å². The van der Waals surface area contributed by atoms with Crippen LogP contribution < -0.4 is 0 Å². The molecule has 2 heterocycles. The molecule has 1 aliphatic rings. The molecule has 0 aliphatic carbocycles. The van der Waals surface area contributed by atoms with Crippen LogP contribution in [0.1, 0.15) is 36.2 Å². The second-order valence-corrected chi connectivity index (χ2v) is 4.61. The highest BCUT2D eigenvalue weighted by Crippen LogP contribution is 2.23. The van der Waals surface area contributed by atoms with Crippen molar-refractivity contribution in [1.29, 1.82) is 0 Å². The highest BCUT2D eigenvalue weighted by Gasteiger charge is 2.21. The minimum absolute atomic E-state index is 0.256. The van der Waals surface area contributed by atoms with E-state index >= 15 is 0 Å². The number of aromatic nitrogens is 3. The highest BCUT2D eigenvalue weighted by atomic mass is 16.3. The number of aliphatic hydroxyl groups excluding tert-OH is 1. The van der Waals surface area contributed by atoms with Crippen molar-refractivity contribution < 1.29 is 10.2 Å². The minimum atomic E-state index is -0.486. The van der Waals surface area contributed by atoms with Crippen LogP contribution in [0.25, 0.3) is 0 Å². The Morgan fingerprint density at radius 1 is 1.28 bits per heavy atom. The zero-order valence-electron chi connectivity index (χ0n) is 9.95. The van der Waals surface area contributed by atoms with E-state index in [1.54, 1.807) is 16.8 Å². The van der Waals surface area contributed by atoms with Gasteiger partial charge in [-0.15, -0.1) is 0 Å². The molecule has 94 valence electrons. The summed E-state index contributed by atoms with van der Waals surface area (Å²) in [6, 6.07) is 7.01. The molecule has 5 nitrogen and oxygen atoms in total. The SMILES string of the molecule is Oc1ccc(Cc2nc3n(n2)CCCC3O)cc1. The van der Waals surface area contributed by atoms with E-state index in [4.69, 9.17) is 0 Å². The fourth-order valence-corrected chi connectivity index (χ4v) is 2.25. The standard InChI is InChI=1S/C13H15N3O2/c17-10-5-3-9(4-6-10)8-12-14-13-11(18)2-1-7-16(13)15-12/h3-6,11,17-18H,1-2,7-8H2. The molecule has 2 aromatic rings. The maximum absolute atomic E-state index is 9.82. The van der Waals surface area contributed by atoms with Crippen LogP contribution >= 0.6 is 0 Å². The van der Waals surface area contributed by atoms with E-state index in [1.165, 1.54) is 0 Å². The number of rotatable bonds is 2.